The SMILES string of the molecule is CNC1(c2cc[nH]c2)CC1. The topological polar surface area (TPSA) is 27.8 Å². The molecule has 1 fully saturated rings. The fraction of sp³-hybridized carbons (Fsp3) is 0.500. The molecule has 1 aromatic heterocycles. The molecule has 10 heavy (non-hydrogen) atoms. The lowest BCUT2D eigenvalue weighted by Gasteiger charge is -2.10. The summed E-state index contributed by atoms with van der Waals surface area (Å²) in [7, 11) is 2.03. The summed E-state index contributed by atoms with van der Waals surface area (Å²) in [5.74, 6) is 0. The first-order valence-corrected chi connectivity index (χ1v) is 3.70. The largest absolute Gasteiger partial charge is 0.367 e. The first-order valence-electron chi connectivity index (χ1n) is 3.70. The second-order valence-corrected chi connectivity index (χ2v) is 2.93. The van der Waals surface area contributed by atoms with Crippen molar-refractivity contribution >= 4 is 0 Å². The Kier molecular flexibility index (Phi) is 1.11. The van der Waals surface area contributed by atoms with E-state index in [0.717, 1.165) is 0 Å². The number of hydrogen-bond acceptors (Lipinski definition) is 1. The van der Waals surface area contributed by atoms with Crippen LogP contribution in [0.1, 0.15) is 18.4 Å². The Morgan fingerprint density at radius 2 is 2.40 bits per heavy atom. The molecule has 1 aliphatic rings. The molecular formula is C8H12N2. The lowest BCUT2D eigenvalue weighted by molar-refractivity contribution is 0.586. The summed E-state index contributed by atoms with van der Waals surface area (Å²) in [5, 5.41) is 3.33. The van der Waals surface area contributed by atoms with Crippen molar-refractivity contribution in [3.05, 3.63) is 24.0 Å². The number of hydrogen-bond donors (Lipinski definition) is 2. The highest BCUT2D eigenvalue weighted by Crippen LogP contribution is 2.44. The molecule has 0 atom stereocenters. The number of aromatic amines is 1. The smallest absolute Gasteiger partial charge is 0.0448 e. The van der Waals surface area contributed by atoms with Gasteiger partial charge in [0.15, 0.2) is 0 Å². The van der Waals surface area contributed by atoms with E-state index in [9.17, 15) is 0 Å². The molecule has 0 unspecified atom stereocenters. The number of rotatable bonds is 2. The lowest BCUT2D eigenvalue weighted by atomic mass is 10.1. The summed E-state index contributed by atoms with van der Waals surface area (Å²) in [6.45, 7) is 0. The Morgan fingerprint density at radius 1 is 1.60 bits per heavy atom. The van der Waals surface area contributed by atoms with Gasteiger partial charge in [0.05, 0.1) is 0 Å². The Balaban J connectivity index is 2.27. The molecule has 0 bridgehead atoms. The molecule has 2 rings (SSSR count). The van der Waals surface area contributed by atoms with Crippen LogP contribution in [0.4, 0.5) is 0 Å². The van der Waals surface area contributed by atoms with Gasteiger partial charge in [-0.1, -0.05) is 0 Å². The molecule has 54 valence electrons. The van der Waals surface area contributed by atoms with Crippen LogP contribution >= 0.6 is 0 Å². The summed E-state index contributed by atoms with van der Waals surface area (Å²) >= 11 is 0. The Bertz CT molecular complexity index is 209. The van der Waals surface area contributed by atoms with Crippen LogP contribution in [-0.4, -0.2) is 12.0 Å². The monoisotopic (exact) mass is 136 g/mol. The Morgan fingerprint density at radius 3 is 2.80 bits per heavy atom. The van der Waals surface area contributed by atoms with E-state index in [1.54, 1.807) is 0 Å². The second-order valence-electron chi connectivity index (χ2n) is 2.93. The van der Waals surface area contributed by atoms with Gasteiger partial charge in [0, 0.05) is 17.9 Å². The Labute approximate surface area is 60.6 Å². The molecule has 1 heterocycles. The molecule has 1 saturated carbocycles. The maximum absolute atomic E-state index is 3.33. The van der Waals surface area contributed by atoms with Crippen LogP contribution in [0.2, 0.25) is 0 Å². The van der Waals surface area contributed by atoms with Gasteiger partial charge >= 0.3 is 0 Å². The highest BCUT2D eigenvalue weighted by atomic mass is 15.0. The van der Waals surface area contributed by atoms with Crippen LogP contribution in [0.5, 0.6) is 0 Å². The van der Waals surface area contributed by atoms with Gasteiger partial charge in [-0.15, -0.1) is 0 Å². The normalized spacial score (nSPS) is 20.9. The van der Waals surface area contributed by atoms with Crippen molar-refractivity contribution in [1.82, 2.24) is 10.3 Å². The summed E-state index contributed by atoms with van der Waals surface area (Å²) < 4.78 is 0. The van der Waals surface area contributed by atoms with Crippen LogP contribution < -0.4 is 5.32 Å². The summed E-state index contributed by atoms with van der Waals surface area (Å²) in [6.07, 6.45) is 6.61. The highest BCUT2D eigenvalue weighted by molar-refractivity contribution is 5.26. The minimum Gasteiger partial charge on any atom is -0.367 e. The van der Waals surface area contributed by atoms with Crippen LogP contribution in [-0.2, 0) is 5.54 Å². The molecule has 2 N–H and O–H groups in total. The zero-order chi connectivity index (χ0) is 7.03. The maximum atomic E-state index is 3.33. The van der Waals surface area contributed by atoms with Gasteiger partial charge in [-0.3, -0.25) is 0 Å². The number of nitrogens with one attached hydrogen (secondary N) is 2. The van der Waals surface area contributed by atoms with Crippen LogP contribution in [0.3, 0.4) is 0 Å². The molecule has 1 aliphatic carbocycles. The van der Waals surface area contributed by atoms with E-state index in [-0.39, 0.29) is 0 Å². The average Bonchev–Trinajstić information content (AvgIpc) is 2.58. The standard InChI is InChI=1S/C8H12N2/c1-9-8(3-4-8)7-2-5-10-6-7/h2,5-6,9-10H,3-4H2,1H3. The van der Waals surface area contributed by atoms with E-state index >= 15 is 0 Å². The van der Waals surface area contributed by atoms with Crippen LogP contribution in [0.25, 0.3) is 0 Å². The maximum Gasteiger partial charge on any atom is 0.0448 e. The van der Waals surface area contributed by atoms with Gasteiger partial charge in [-0.25, -0.2) is 0 Å². The molecule has 2 nitrogen and oxygen atoms in total. The molecule has 2 heteroatoms. The van der Waals surface area contributed by atoms with E-state index < -0.39 is 0 Å². The third kappa shape index (κ3) is 0.688. The van der Waals surface area contributed by atoms with Gasteiger partial charge in [0.25, 0.3) is 0 Å². The van der Waals surface area contributed by atoms with Crippen molar-refractivity contribution in [2.24, 2.45) is 0 Å². The fourth-order valence-electron chi connectivity index (χ4n) is 1.43. The van der Waals surface area contributed by atoms with Crippen molar-refractivity contribution in [3.8, 4) is 0 Å². The van der Waals surface area contributed by atoms with E-state index in [1.165, 1.54) is 18.4 Å². The number of H-pyrrole nitrogens is 1. The molecule has 0 saturated heterocycles. The minimum absolute atomic E-state index is 0.333. The molecule has 0 aliphatic heterocycles. The molecule has 0 aromatic carbocycles. The molecule has 1 aromatic rings. The minimum atomic E-state index is 0.333. The van der Waals surface area contributed by atoms with E-state index in [1.807, 2.05) is 13.2 Å². The third-order valence-electron chi connectivity index (χ3n) is 2.38. The second kappa shape index (κ2) is 1.86. The van der Waals surface area contributed by atoms with Crippen molar-refractivity contribution in [1.29, 1.82) is 0 Å². The van der Waals surface area contributed by atoms with Crippen molar-refractivity contribution in [2.45, 2.75) is 18.4 Å². The van der Waals surface area contributed by atoms with Gasteiger partial charge in [-0.05, 0) is 31.5 Å². The third-order valence-corrected chi connectivity index (χ3v) is 2.38. The predicted molar refractivity (Wildman–Crippen MR) is 40.8 cm³/mol. The predicted octanol–water partition coefficient (Wildman–Crippen LogP) is 1.22. The van der Waals surface area contributed by atoms with Gasteiger partial charge in [0.2, 0.25) is 0 Å². The van der Waals surface area contributed by atoms with Crippen LogP contribution in [0.15, 0.2) is 18.5 Å². The fourth-order valence-corrected chi connectivity index (χ4v) is 1.43. The molecule has 0 radical (unpaired) electrons. The zero-order valence-electron chi connectivity index (χ0n) is 6.15. The molecule has 0 amide bonds. The van der Waals surface area contributed by atoms with E-state index in [2.05, 4.69) is 22.6 Å². The average molecular weight is 136 g/mol. The summed E-state index contributed by atoms with van der Waals surface area (Å²) in [5.41, 5.74) is 1.73. The number of aromatic nitrogens is 1. The van der Waals surface area contributed by atoms with Gasteiger partial charge in [0.1, 0.15) is 0 Å². The van der Waals surface area contributed by atoms with Crippen LogP contribution in [0, 0.1) is 0 Å². The quantitative estimate of drug-likeness (QED) is 0.628. The first-order chi connectivity index (χ1) is 4.87. The summed E-state index contributed by atoms with van der Waals surface area (Å²) in [4.78, 5) is 3.07. The molecule has 0 spiro atoms. The van der Waals surface area contributed by atoms with Crippen molar-refractivity contribution in [2.75, 3.05) is 7.05 Å². The first kappa shape index (κ1) is 5.98. The molecular weight excluding hydrogens is 124 g/mol. The summed E-state index contributed by atoms with van der Waals surface area (Å²) in [6, 6.07) is 2.14. The Hall–Kier alpha value is -0.760. The van der Waals surface area contributed by atoms with E-state index in [0.29, 0.717) is 5.54 Å². The van der Waals surface area contributed by atoms with Crippen molar-refractivity contribution < 1.29 is 0 Å². The highest BCUT2D eigenvalue weighted by Gasteiger charge is 2.42. The van der Waals surface area contributed by atoms with Crippen molar-refractivity contribution in [3.63, 3.8) is 0 Å². The zero-order valence-corrected chi connectivity index (χ0v) is 6.15. The van der Waals surface area contributed by atoms with Gasteiger partial charge in [-0.2, -0.15) is 0 Å². The van der Waals surface area contributed by atoms with Gasteiger partial charge < -0.3 is 10.3 Å². The lowest BCUT2D eigenvalue weighted by Crippen LogP contribution is -2.23. The van der Waals surface area contributed by atoms with E-state index in [4.69, 9.17) is 0 Å².